The summed E-state index contributed by atoms with van der Waals surface area (Å²) in [5, 5.41) is 0. The van der Waals surface area contributed by atoms with E-state index in [0.29, 0.717) is 12.2 Å². The van der Waals surface area contributed by atoms with Crippen molar-refractivity contribution in [3.63, 3.8) is 0 Å². The van der Waals surface area contributed by atoms with Crippen LogP contribution in [0.15, 0.2) is 18.2 Å². The summed E-state index contributed by atoms with van der Waals surface area (Å²) in [4.78, 5) is 10.5. The Morgan fingerprint density at radius 1 is 1.40 bits per heavy atom. The van der Waals surface area contributed by atoms with E-state index < -0.39 is 0 Å². The summed E-state index contributed by atoms with van der Waals surface area (Å²) >= 11 is 0. The van der Waals surface area contributed by atoms with Gasteiger partial charge in [-0.25, -0.2) is 0 Å². The molecule has 0 bridgehead atoms. The fraction of sp³-hybridized carbons (Fsp3) is 0.308. The van der Waals surface area contributed by atoms with Crippen LogP contribution in [0.4, 0.5) is 0 Å². The molecule has 2 nitrogen and oxygen atoms in total. The minimum atomic E-state index is 0.398. The smallest absolute Gasteiger partial charge is 0.150 e. The van der Waals surface area contributed by atoms with Crippen molar-refractivity contribution in [1.29, 1.82) is 0 Å². The normalized spacial score (nSPS) is 8.93. The number of benzene rings is 1. The van der Waals surface area contributed by atoms with E-state index in [4.69, 9.17) is 4.74 Å². The van der Waals surface area contributed by atoms with Gasteiger partial charge >= 0.3 is 0 Å². The number of hydrogen-bond donors (Lipinski definition) is 0. The highest BCUT2D eigenvalue weighted by Crippen LogP contribution is 2.17. The van der Waals surface area contributed by atoms with Gasteiger partial charge in [-0.15, -0.1) is 5.92 Å². The molecule has 0 aliphatic carbocycles. The van der Waals surface area contributed by atoms with Crippen molar-refractivity contribution in [3.8, 4) is 17.6 Å². The largest absolute Gasteiger partial charge is 0.481 e. The molecule has 0 aliphatic rings. The van der Waals surface area contributed by atoms with Gasteiger partial charge in [0.05, 0.1) is 0 Å². The average Bonchev–Trinajstić information content (AvgIpc) is 2.26. The summed E-state index contributed by atoms with van der Waals surface area (Å²) in [6.45, 7) is 4.31. The lowest BCUT2D eigenvalue weighted by atomic mass is 10.1. The second-order valence-corrected chi connectivity index (χ2v) is 3.14. The minimum Gasteiger partial charge on any atom is -0.481 e. The van der Waals surface area contributed by atoms with Gasteiger partial charge in [-0.2, -0.15) is 0 Å². The number of aryl methyl sites for hydroxylation is 1. The average molecular weight is 202 g/mol. The highest BCUT2D eigenvalue weighted by atomic mass is 16.5. The minimum absolute atomic E-state index is 0.398. The van der Waals surface area contributed by atoms with Crippen molar-refractivity contribution in [2.24, 2.45) is 0 Å². The molecule has 0 unspecified atom stereocenters. The molecule has 0 saturated heterocycles. The number of carbonyl (C=O) groups is 1. The first kappa shape index (κ1) is 11.3. The molecule has 0 heterocycles. The van der Waals surface area contributed by atoms with Crippen LogP contribution in [0.2, 0.25) is 0 Å². The second-order valence-electron chi connectivity index (χ2n) is 3.14. The molecule has 1 rings (SSSR count). The Hall–Kier alpha value is -1.75. The third-order valence-electron chi connectivity index (χ3n) is 1.94. The Kier molecular flexibility index (Phi) is 4.43. The van der Waals surface area contributed by atoms with E-state index in [1.165, 1.54) is 0 Å². The molecule has 0 aliphatic heterocycles. The lowest BCUT2D eigenvalue weighted by Crippen LogP contribution is -1.96. The van der Waals surface area contributed by atoms with E-state index in [2.05, 4.69) is 11.8 Å². The summed E-state index contributed by atoms with van der Waals surface area (Å²) in [6.07, 6.45) is 1.67. The molecule has 0 radical (unpaired) electrons. The van der Waals surface area contributed by atoms with Gasteiger partial charge < -0.3 is 4.74 Å². The zero-order valence-electron chi connectivity index (χ0n) is 9.04. The Morgan fingerprint density at radius 2 is 2.20 bits per heavy atom. The summed E-state index contributed by atoms with van der Waals surface area (Å²) in [7, 11) is 0. The Bertz CT molecular complexity index is 397. The fourth-order valence-corrected chi connectivity index (χ4v) is 1.20. The molecule has 2 heteroatoms. The SMILES string of the molecule is CCC#CCOc1ccc(C=O)cc1C. The number of hydrogen-bond acceptors (Lipinski definition) is 2. The molecule has 78 valence electrons. The lowest BCUT2D eigenvalue weighted by molar-refractivity contribution is 0.112. The Labute approximate surface area is 90.3 Å². The number of rotatable bonds is 3. The van der Waals surface area contributed by atoms with Crippen molar-refractivity contribution in [2.45, 2.75) is 20.3 Å². The van der Waals surface area contributed by atoms with E-state index in [9.17, 15) is 4.79 Å². The first-order chi connectivity index (χ1) is 7.27. The van der Waals surface area contributed by atoms with Crippen molar-refractivity contribution >= 4 is 6.29 Å². The molecule has 15 heavy (non-hydrogen) atoms. The van der Waals surface area contributed by atoms with Gasteiger partial charge in [0, 0.05) is 12.0 Å². The van der Waals surface area contributed by atoms with Gasteiger partial charge in [0.1, 0.15) is 18.6 Å². The van der Waals surface area contributed by atoms with Gasteiger partial charge in [0.15, 0.2) is 0 Å². The van der Waals surface area contributed by atoms with Crippen LogP contribution < -0.4 is 4.74 Å². The van der Waals surface area contributed by atoms with Crippen LogP contribution in [0.1, 0.15) is 29.3 Å². The van der Waals surface area contributed by atoms with Crippen molar-refractivity contribution in [1.82, 2.24) is 0 Å². The summed E-state index contributed by atoms with van der Waals surface area (Å²) in [6, 6.07) is 5.34. The van der Waals surface area contributed by atoms with Crippen LogP contribution in [0, 0.1) is 18.8 Å². The molecule has 0 aromatic heterocycles. The molecule has 0 amide bonds. The topological polar surface area (TPSA) is 26.3 Å². The van der Waals surface area contributed by atoms with Gasteiger partial charge in [-0.3, -0.25) is 4.79 Å². The molecule has 1 aromatic rings. The molecule has 0 atom stereocenters. The van der Waals surface area contributed by atoms with E-state index in [1.54, 1.807) is 18.2 Å². The van der Waals surface area contributed by atoms with E-state index in [0.717, 1.165) is 24.0 Å². The van der Waals surface area contributed by atoms with Crippen molar-refractivity contribution < 1.29 is 9.53 Å². The van der Waals surface area contributed by atoms with Gasteiger partial charge in [0.25, 0.3) is 0 Å². The van der Waals surface area contributed by atoms with E-state index in [-0.39, 0.29) is 0 Å². The third-order valence-corrected chi connectivity index (χ3v) is 1.94. The highest BCUT2D eigenvalue weighted by molar-refractivity contribution is 5.75. The number of carbonyl (C=O) groups excluding carboxylic acids is 1. The van der Waals surface area contributed by atoms with Crippen LogP contribution in [0.3, 0.4) is 0 Å². The Balaban J connectivity index is 2.66. The van der Waals surface area contributed by atoms with Gasteiger partial charge in [-0.05, 0) is 30.7 Å². The van der Waals surface area contributed by atoms with E-state index in [1.807, 2.05) is 13.8 Å². The molecule has 0 N–H and O–H groups in total. The molecule has 0 fully saturated rings. The van der Waals surface area contributed by atoms with Crippen molar-refractivity contribution in [3.05, 3.63) is 29.3 Å². The summed E-state index contributed by atoms with van der Waals surface area (Å²) in [5.74, 6) is 6.61. The predicted molar refractivity (Wildman–Crippen MR) is 60.1 cm³/mol. The maximum Gasteiger partial charge on any atom is 0.150 e. The highest BCUT2D eigenvalue weighted by Gasteiger charge is 1.99. The molecule has 1 aromatic carbocycles. The number of aldehydes is 1. The maximum atomic E-state index is 10.5. The summed E-state index contributed by atoms with van der Waals surface area (Å²) in [5.41, 5.74) is 1.62. The van der Waals surface area contributed by atoms with Gasteiger partial charge in [0.2, 0.25) is 0 Å². The maximum absolute atomic E-state index is 10.5. The van der Waals surface area contributed by atoms with Crippen molar-refractivity contribution in [2.75, 3.05) is 6.61 Å². The van der Waals surface area contributed by atoms with Crippen LogP contribution in [0.5, 0.6) is 5.75 Å². The van der Waals surface area contributed by atoms with Gasteiger partial charge in [-0.1, -0.05) is 12.8 Å². The number of ether oxygens (including phenoxy) is 1. The zero-order valence-corrected chi connectivity index (χ0v) is 9.04. The molecular formula is C13H14O2. The van der Waals surface area contributed by atoms with Crippen LogP contribution in [-0.2, 0) is 0 Å². The Morgan fingerprint density at radius 3 is 2.80 bits per heavy atom. The molecular weight excluding hydrogens is 188 g/mol. The van der Waals surface area contributed by atoms with Crippen LogP contribution >= 0.6 is 0 Å². The standard InChI is InChI=1S/C13H14O2/c1-3-4-5-8-15-13-7-6-12(10-14)9-11(13)2/h6-7,9-10H,3,8H2,1-2H3. The van der Waals surface area contributed by atoms with Crippen LogP contribution in [0.25, 0.3) is 0 Å². The quantitative estimate of drug-likeness (QED) is 0.556. The van der Waals surface area contributed by atoms with E-state index >= 15 is 0 Å². The monoisotopic (exact) mass is 202 g/mol. The molecule has 0 spiro atoms. The molecule has 0 saturated carbocycles. The summed E-state index contributed by atoms with van der Waals surface area (Å²) < 4.78 is 5.45. The first-order valence-electron chi connectivity index (χ1n) is 4.92. The zero-order chi connectivity index (χ0) is 11.1. The first-order valence-corrected chi connectivity index (χ1v) is 4.92. The lowest BCUT2D eigenvalue weighted by Gasteiger charge is -2.05. The third kappa shape index (κ3) is 3.47. The fourth-order valence-electron chi connectivity index (χ4n) is 1.20. The predicted octanol–water partition coefficient (Wildman–Crippen LogP) is 2.60. The second kappa shape index (κ2) is 5.87. The van der Waals surface area contributed by atoms with Crippen LogP contribution in [-0.4, -0.2) is 12.9 Å².